The highest BCUT2D eigenvalue weighted by atomic mass is 32.2. The molecule has 140 valence electrons. The number of amides is 1. The lowest BCUT2D eigenvalue weighted by Gasteiger charge is -2.29. The molecule has 0 aliphatic carbocycles. The van der Waals surface area contributed by atoms with Gasteiger partial charge in [-0.2, -0.15) is 0 Å². The molecule has 0 radical (unpaired) electrons. The Kier molecular flexibility index (Phi) is 5.97. The molecule has 5 nitrogen and oxygen atoms in total. The molecule has 2 aromatic rings. The molecule has 0 saturated carbocycles. The van der Waals surface area contributed by atoms with E-state index in [2.05, 4.69) is 5.32 Å². The molecule has 0 heterocycles. The van der Waals surface area contributed by atoms with Gasteiger partial charge in [0.2, 0.25) is 15.9 Å². The smallest absolute Gasteiger partial charge is 0.244 e. The van der Waals surface area contributed by atoms with Crippen LogP contribution in [0.5, 0.6) is 0 Å². The van der Waals surface area contributed by atoms with Gasteiger partial charge in [-0.05, 0) is 55.8 Å². The third-order valence-corrected chi connectivity index (χ3v) is 5.14. The minimum absolute atomic E-state index is 0.186. The number of nitrogens with zero attached hydrogens (tertiary/aromatic N) is 1. The third-order valence-electron chi connectivity index (χ3n) is 3.90. The molecular formula is C18H20F2N2O3S. The van der Waals surface area contributed by atoms with E-state index in [4.69, 9.17) is 0 Å². The number of halogens is 2. The number of hydrogen-bond acceptors (Lipinski definition) is 3. The van der Waals surface area contributed by atoms with Crippen molar-refractivity contribution in [2.75, 3.05) is 10.6 Å². The molecule has 0 aromatic heterocycles. The van der Waals surface area contributed by atoms with Gasteiger partial charge in [0.15, 0.2) is 0 Å². The molecule has 8 heteroatoms. The number of sulfonamides is 1. The van der Waals surface area contributed by atoms with Gasteiger partial charge in [-0.3, -0.25) is 9.10 Å². The summed E-state index contributed by atoms with van der Waals surface area (Å²) >= 11 is 0. The fourth-order valence-electron chi connectivity index (χ4n) is 2.57. The van der Waals surface area contributed by atoms with Gasteiger partial charge in [0.1, 0.15) is 17.7 Å². The van der Waals surface area contributed by atoms with Crippen molar-refractivity contribution in [2.45, 2.75) is 25.9 Å². The molecule has 0 saturated heterocycles. The van der Waals surface area contributed by atoms with Crippen LogP contribution >= 0.6 is 0 Å². The largest absolute Gasteiger partial charge is 0.348 e. The van der Waals surface area contributed by atoms with Crippen LogP contribution in [0.1, 0.15) is 25.5 Å². The van der Waals surface area contributed by atoms with Crippen LogP contribution in [-0.2, 0) is 14.8 Å². The predicted molar refractivity (Wildman–Crippen MR) is 96.1 cm³/mol. The lowest BCUT2D eigenvalue weighted by Crippen LogP contribution is -2.48. The highest BCUT2D eigenvalue weighted by Gasteiger charge is 2.29. The molecule has 0 fully saturated rings. The zero-order chi connectivity index (χ0) is 19.5. The van der Waals surface area contributed by atoms with Gasteiger partial charge in [0, 0.05) is 0 Å². The molecule has 26 heavy (non-hydrogen) atoms. The summed E-state index contributed by atoms with van der Waals surface area (Å²) in [5.41, 5.74) is 0.866. The first-order valence-electron chi connectivity index (χ1n) is 7.90. The van der Waals surface area contributed by atoms with E-state index < -0.39 is 33.8 Å². The van der Waals surface area contributed by atoms with Crippen LogP contribution in [0.4, 0.5) is 14.5 Å². The summed E-state index contributed by atoms with van der Waals surface area (Å²) in [6.45, 7) is 3.15. The Morgan fingerprint density at radius 3 is 1.88 bits per heavy atom. The van der Waals surface area contributed by atoms with Gasteiger partial charge >= 0.3 is 0 Å². The summed E-state index contributed by atoms with van der Waals surface area (Å²) < 4.78 is 51.4. The summed E-state index contributed by atoms with van der Waals surface area (Å²) in [6.07, 6.45) is 0.976. The SMILES string of the molecule is C[C@@H](NC(=O)[C@H](C)N(c1ccc(F)cc1)S(C)(=O)=O)c1ccc(F)cc1. The first-order valence-corrected chi connectivity index (χ1v) is 9.75. The minimum atomic E-state index is -3.78. The van der Waals surface area contributed by atoms with E-state index in [1.54, 1.807) is 19.1 Å². The quantitative estimate of drug-likeness (QED) is 0.835. The highest BCUT2D eigenvalue weighted by Crippen LogP contribution is 2.22. The normalized spacial score (nSPS) is 13.7. The van der Waals surface area contributed by atoms with Crippen molar-refractivity contribution in [1.29, 1.82) is 0 Å². The van der Waals surface area contributed by atoms with Crippen LogP contribution in [0.15, 0.2) is 48.5 Å². The monoisotopic (exact) mass is 382 g/mol. The lowest BCUT2D eigenvalue weighted by atomic mass is 10.1. The van der Waals surface area contributed by atoms with Gasteiger partial charge < -0.3 is 5.32 Å². The maximum Gasteiger partial charge on any atom is 0.244 e. The van der Waals surface area contributed by atoms with Crippen molar-refractivity contribution in [3.05, 3.63) is 65.7 Å². The molecule has 0 aliphatic rings. The van der Waals surface area contributed by atoms with E-state index in [9.17, 15) is 22.0 Å². The van der Waals surface area contributed by atoms with Gasteiger partial charge in [-0.25, -0.2) is 17.2 Å². The van der Waals surface area contributed by atoms with E-state index in [0.717, 1.165) is 22.7 Å². The Bertz CT molecular complexity index is 868. The standard InChI is InChI=1S/C18H20F2N2O3S/c1-12(14-4-6-15(19)7-5-14)21-18(23)13(2)22(26(3,24)25)17-10-8-16(20)9-11-17/h4-13H,1-3H3,(H,21,23)/t12-,13+/m1/s1. The Balaban J connectivity index is 2.22. The van der Waals surface area contributed by atoms with E-state index in [0.29, 0.717) is 5.56 Å². The molecule has 2 aromatic carbocycles. The van der Waals surface area contributed by atoms with Crippen LogP contribution in [-0.4, -0.2) is 26.6 Å². The van der Waals surface area contributed by atoms with Crippen molar-refractivity contribution in [3.63, 3.8) is 0 Å². The first kappa shape index (κ1) is 19.8. The molecule has 0 unspecified atom stereocenters. The zero-order valence-corrected chi connectivity index (χ0v) is 15.4. The molecule has 1 amide bonds. The number of anilines is 1. The van der Waals surface area contributed by atoms with Crippen molar-refractivity contribution in [1.82, 2.24) is 5.32 Å². The van der Waals surface area contributed by atoms with Crippen LogP contribution in [0.2, 0.25) is 0 Å². The van der Waals surface area contributed by atoms with Crippen LogP contribution in [0.25, 0.3) is 0 Å². The van der Waals surface area contributed by atoms with E-state index in [1.807, 2.05) is 0 Å². The van der Waals surface area contributed by atoms with E-state index >= 15 is 0 Å². The van der Waals surface area contributed by atoms with Gasteiger partial charge in [0.25, 0.3) is 0 Å². The Labute approximate surface area is 151 Å². The first-order chi connectivity index (χ1) is 12.1. The van der Waals surface area contributed by atoms with Crippen molar-refractivity contribution < 1.29 is 22.0 Å². The Hall–Kier alpha value is -2.48. The summed E-state index contributed by atoms with van der Waals surface area (Å²) in [4.78, 5) is 12.6. The molecule has 0 aliphatic heterocycles. The Morgan fingerprint density at radius 2 is 1.42 bits per heavy atom. The molecule has 2 atom stereocenters. The maximum absolute atomic E-state index is 13.1. The molecule has 1 N–H and O–H groups in total. The average molecular weight is 382 g/mol. The molecule has 0 spiro atoms. The predicted octanol–water partition coefficient (Wildman–Crippen LogP) is 3.00. The number of carbonyl (C=O) groups is 1. The van der Waals surface area contributed by atoms with E-state index in [-0.39, 0.29) is 11.5 Å². The Morgan fingerprint density at radius 1 is 0.962 bits per heavy atom. The third kappa shape index (κ3) is 4.78. The number of nitrogens with one attached hydrogen (secondary N) is 1. The van der Waals surface area contributed by atoms with Crippen LogP contribution in [0, 0.1) is 11.6 Å². The van der Waals surface area contributed by atoms with Crippen LogP contribution in [0.3, 0.4) is 0 Å². The molecule has 2 rings (SSSR count). The summed E-state index contributed by atoms with van der Waals surface area (Å²) in [6, 6.07) is 8.98. The van der Waals surface area contributed by atoms with Gasteiger partial charge in [-0.15, -0.1) is 0 Å². The zero-order valence-electron chi connectivity index (χ0n) is 14.6. The van der Waals surface area contributed by atoms with E-state index in [1.165, 1.54) is 31.2 Å². The van der Waals surface area contributed by atoms with Crippen molar-refractivity contribution >= 4 is 21.6 Å². The lowest BCUT2D eigenvalue weighted by molar-refractivity contribution is -0.122. The van der Waals surface area contributed by atoms with Gasteiger partial charge in [-0.1, -0.05) is 12.1 Å². The number of benzene rings is 2. The maximum atomic E-state index is 13.1. The highest BCUT2D eigenvalue weighted by molar-refractivity contribution is 7.92. The summed E-state index contributed by atoms with van der Waals surface area (Å²) in [5, 5.41) is 2.71. The van der Waals surface area contributed by atoms with Gasteiger partial charge in [0.05, 0.1) is 18.0 Å². The number of rotatable bonds is 6. The molecular weight excluding hydrogens is 362 g/mol. The van der Waals surface area contributed by atoms with Crippen LogP contribution < -0.4 is 9.62 Å². The fourth-order valence-corrected chi connectivity index (χ4v) is 3.74. The minimum Gasteiger partial charge on any atom is -0.348 e. The number of hydrogen-bond donors (Lipinski definition) is 1. The summed E-state index contributed by atoms with van der Waals surface area (Å²) in [7, 11) is -3.78. The van der Waals surface area contributed by atoms with Crippen molar-refractivity contribution in [3.8, 4) is 0 Å². The summed E-state index contributed by atoms with van der Waals surface area (Å²) in [5.74, 6) is -1.43. The number of carbonyl (C=O) groups excluding carboxylic acids is 1. The topological polar surface area (TPSA) is 66.5 Å². The molecule has 0 bridgehead atoms. The average Bonchev–Trinajstić information content (AvgIpc) is 2.56. The van der Waals surface area contributed by atoms with Crippen molar-refractivity contribution in [2.24, 2.45) is 0 Å². The second kappa shape index (κ2) is 7.82. The fraction of sp³-hybridized carbons (Fsp3) is 0.278. The second-order valence-corrected chi connectivity index (χ2v) is 7.85. The second-order valence-electron chi connectivity index (χ2n) is 5.99.